The maximum atomic E-state index is 13.2. The largest absolute Gasteiger partial charge is 0.481 e. The molecule has 1 fully saturated rings. The van der Waals surface area contributed by atoms with E-state index in [1.54, 1.807) is 17.1 Å². The van der Waals surface area contributed by atoms with Crippen LogP contribution in [0.25, 0.3) is 5.69 Å². The number of carbonyl (C=O) groups excluding carboxylic acids is 1. The van der Waals surface area contributed by atoms with Gasteiger partial charge in [0.2, 0.25) is 5.91 Å². The summed E-state index contributed by atoms with van der Waals surface area (Å²) >= 11 is 0. The number of amides is 1. The van der Waals surface area contributed by atoms with E-state index in [4.69, 9.17) is 4.98 Å². The lowest BCUT2D eigenvalue weighted by atomic mass is 9.95. The standard InChI is InChI=1S/C29H36N6O3.ClH/c36-27(37)17-26(23-18-31-35(20-23)25-10-2-1-3-11-25)33-29(38)22-8-5-15-34(19-22)16-6-9-24-13-12-21-7-4-14-30-28(21)32-24;/h1-3,10-13,18,20,22,26H,4-9,14-17,19H2,(H,30,32)(H,33,38)(H,36,37);1H/t22-,26?;/m1./s1. The summed E-state index contributed by atoms with van der Waals surface area (Å²) < 4.78 is 1.70. The predicted octanol–water partition coefficient (Wildman–Crippen LogP) is 4.02. The minimum absolute atomic E-state index is 0. The Morgan fingerprint density at radius 1 is 1.15 bits per heavy atom. The predicted molar refractivity (Wildman–Crippen MR) is 152 cm³/mol. The molecule has 0 aliphatic carbocycles. The fourth-order valence-corrected chi connectivity index (χ4v) is 5.42. The summed E-state index contributed by atoms with van der Waals surface area (Å²) in [6, 6.07) is 13.3. The second kappa shape index (κ2) is 13.6. The molecule has 0 spiro atoms. The fraction of sp³-hybridized carbons (Fsp3) is 0.448. The first-order valence-electron chi connectivity index (χ1n) is 13.6. The summed E-state index contributed by atoms with van der Waals surface area (Å²) in [4.78, 5) is 32.0. The van der Waals surface area contributed by atoms with Crippen LogP contribution in [0.3, 0.4) is 0 Å². The molecule has 0 radical (unpaired) electrons. The molecule has 1 saturated heterocycles. The molecule has 39 heavy (non-hydrogen) atoms. The number of nitrogens with zero attached hydrogens (tertiary/aromatic N) is 4. The van der Waals surface area contributed by atoms with Crippen LogP contribution in [0, 0.1) is 5.92 Å². The molecule has 9 nitrogen and oxygen atoms in total. The van der Waals surface area contributed by atoms with Gasteiger partial charge in [-0.2, -0.15) is 5.10 Å². The number of aryl methyl sites for hydroxylation is 2. The molecular formula is C29H37ClN6O3. The van der Waals surface area contributed by atoms with Gasteiger partial charge in [-0.05, 0) is 75.4 Å². The Morgan fingerprint density at radius 2 is 2.00 bits per heavy atom. The molecule has 208 valence electrons. The number of carboxylic acid groups (broad SMARTS) is 1. The van der Waals surface area contributed by atoms with Gasteiger partial charge in [-0.15, -0.1) is 12.4 Å². The molecule has 5 rings (SSSR count). The van der Waals surface area contributed by atoms with Crippen LogP contribution in [0.2, 0.25) is 0 Å². The summed E-state index contributed by atoms with van der Waals surface area (Å²) in [5, 5.41) is 20.3. The van der Waals surface area contributed by atoms with Gasteiger partial charge in [0.15, 0.2) is 0 Å². The van der Waals surface area contributed by atoms with Crippen molar-refractivity contribution in [3.63, 3.8) is 0 Å². The highest BCUT2D eigenvalue weighted by molar-refractivity contribution is 5.85. The number of rotatable bonds is 10. The van der Waals surface area contributed by atoms with Crippen LogP contribution in [0.4, 0.5) is 5.82 Å². The molecule has 0 bridgehead atoms. The summed E-state index contributed by atoms with van der Waals surface area (Å²) in [6.07, 6.45) is 9.15. The number of hydrogen-bond donors (Lipinski definition) is 3. The molecule has 3 aromatic rings. The Bertz CT molecular complexity index is 1250. The van der Waals surface area contributed by atoms with E-state index in [-0.39, 0.29) is 30.7 Å². The molecule has 2 atom stereocenters. The Morgan fingerprint density at radius 3 is 2.82 bits per heavy atom. The van der Waals surface area contributed by atoms with Crippen molar-refractivity contribution in [1.29, 1.82) is 0 Å². The Hall–Kier alpha value is -3.43. The number of aromatic nitrogens is 3. The van der Waals surface area contributed by atoms with Gasteiger partial charge < -0.3 is 20.6 Å². The molecule has 1 unspecified atom stereocenters. The van der Waals surface area contributed by atoms with Crippen molar-refractivity contribution in [3.05, 3.63) is 71.7 Å². The number of halogens is 1. The second-order valence-corrected chi connectivity index (χ2v) is 10.3. The van der Waals surface area contributed by atoms with Gasteiger partial charge in [0.1, 0.15) is 5.82 Å². The molecule has 1 amide bonds. The summed E-state index contributed by atoms with van der Waals surface area (Å²) in [7, 11) is 0. The first-order chi connectivity index (χ1) is 18.5. The van der Waals surface area contributed by atoms with Crippen LogP contribution in [0.15, 0.2) is 54.9 Å². The number of pyridine rings is 1. The average molecular weight is 553 g/mol. The Labute approximate surface area is 235 Å². The first kappa shape index (κ1) is 28.6. The minimum atomic E-state index is -0.959. The fourth-order valence-electron chi connectivity index (χ4n) is 5.42. The Kier molecular flexibility index (Phi) is 9.95. The lowest BCUT2D eigenvalue weighted by molar-refractivity contribution is -0.138. The van der Waals surface area contributed by atoms with Crippen LogP contribution in [0.1, 0.15) is 55.0 Å². The highest BCUT2D eigenvalue weighted by Gasteiger charge is 2.29. The van der Waals surface area contributed by atoms with Crippen LogP contribution in [-0.4, -0.2) is 62.8 Å². The number of fused-ring (bicyclic) bond motifs is 1. The smallest absolute Gasteiger partial charge is 0.305 e. The molecule has 2 aromatic heterocycles. The summed E-state index contributed by atoms with van der Waals surface area (Å²) in [5.41, 5.74) is 3.98. The van der Waals surface area contributed by atoms with Gasteiger partial charge in [-0.3, -0.25) is 9.59 Å². The van der Waals surface area contributed by atoms with Gasteiger partial charge in [-0.1, -0.05) is 24.3 Å². The van der Waals surface area contributed by atoms with Crippen molar-refractivity contribution in [2.24, 2.45) is 5.92 Å². The number of para-hydroxylation sites is 1. The van der Waals surface area contributed by atoms with Crippen molar-refractivity contribution >= 4 is 30.1 Å². The maximum Gasteiger partial charge on any atom is 0.305 e. The first-order valence-corrected chi connectivity index (χ1v) is 13.6. The summed E-state index contributed by atoms with van der Waals surface area (Å²) in [5.74, 6) is -0.168. The third-order valence-electron chi connectivity index (χ3n) is 7.46. The number of likely N-dealkylation sites (tertiary alicyclic amines) is 1. The zero-order chi connectivity index (χ0) is 26.3. The molecule has 3 N–H and O–H groups in total. The number of carboxylic acids is 1. The highest BCUT2D eigenvalue weighted by atomic mass is 35.5. The van der Waals surface area contributed by atoms with Crippen molar-refractivity contribution in [3.8, 4) is 5.69 Å². The normalized spacial score (nSPS) is 17.8. The number of aliphatic carboxylic acids is 1. The van der Waals surface area contributed by atoms with Crippen molar-refractivity contribution in [2.75, 3.05) is 31.5 Å². The lowest BCUT2D eigenvalue weighted by Crippen LogP contribution is -2.44. The summed E-state index contributed by atoms with van der Waals surface area (Å²) in [6.45, 7) is 3.57. The topological polar surface area (TPSA) is 112 Å². The average Bonchev–Trinajstić information content (AvgIpc) is 3.44. The van der Waals surface area contributed by atoms with Gasteiger partial charge >= 0.3 is 5.97 Å². The highest BCUT2D eigenvalue weighted by Crippen LogP contribution is 2.23. The molecular weight excluding hydrogens is 516 g/mol. The van der Waals surface area contributed by atoms with E-state index in [2.05, 4.69) is 32.8 Å². The van der Waals surface area contributed by atoms with Crippen LogP contribution < -0.4 is 10.6 Å². The van der Waals surface area contributed by atoms with E-state index < -0.39 is 12.0 Å². The number of piperidine rings is 1. The van der Waals surface area contributed by atoms with Crippen LogP contribution in [-0.2, 0) is 22.4 Å². The van der Waals surface area contributed by atoms with Crippen molar-refractivity contribution in [1.82, 2.24) is 25.0 Å². The van der Waals surface area contributed by atoms with Crippen LogP contribution in [0.5, 0.6) is 0 Å². The van der Waals surface area contributed by atoms with E-state index in [9.17, 15) is 14.7 Å². The molecule has 2 aliphatic heterocycles. The molecule has 10 heteroatoms. The lowest BCUT2D eigenvalue weighted by Gasteiger charge is -2.32. The second-order valence-electron chi connectivity index (χ2n) is 10.3. The van der Waals surface area contributed by atoms with E-state index in [1.165, 1.54) is 5.56 Å². The number of nitrogens with one attached hydrogen (secondary N) is 2. The third kappa shape index (κ3) is 7.58. The maximum absolute atomic E-state index is 13.2. The minimum Gasteiger partial charge on any atom is -0.481 e. The van der Waals surface area contributed by atoms with Gasteiger partial charge in [0, 0.05) is 30.5 Å². The van der Waals surface area contributed by atoms with Gasteiger partial charge in [0.05, 0.1) is 30.3 Å². The Balaban J connectivity index is 0.00000353. The SMILES string of the molecule is Cl.O=C(O)CC(NC(=O)[C@@H]1CCCN(CCCc2ccc3c(n2)NCCC3)C1)c1cnn(-c2ccccc2)c1. The molecule has 2 aliphatic rings. The molecule has 1 aromatic carbocycles. The zero-order valence-electron chi connectivity index (χ0n) is 22.1. The van der Waals surface area contributed by atoms with Gasteiger partial charge in [0.25, 0.3) is 0 Å². The number of hydrogen-bond acceptors (Lipinski definition) is 6. The van der Waals surface area contributed by atoms with E-state index in [0.29, 0.717) is 12.1 Å². The molecule has 0 saturated carbocycles. The monoisotopic (exact) mass is 552 g/mol. The van der Waals surface area contributed by atoms with E-state index in [1.807, 2.05) is 30.3 Å². The van der Waals surface area contributed by atoms with Crippen molar-refractivity contribution in [2.45, 2.75) is 51.0 Å². The van der Waals surface area contributed by atoms with E-state index >= 15 is 0 Å². The van der Waals surface area contributed by atoms with E-state index in [0.717, 1.165) is 75.4 Å². The van der Waals surface area contributed by atoms with Crippen molar-refractivity contribution < 1.29 is 14.7 Å². The van der Waals surface area contributed by atoms with Gasteiger partial charge in [-0.25, -0.2) is 9.67 Å². The van der Waals surface area contributed by atoms with Crippen LogP contribution >= 0.6 is 12.4 Å². The number of carbonyl (C=O) groups is 2. The zero-order valence-corrected chi connectivity index (χ0v) is 22.9. The molecule has 4 heterocycles. The number of benzene rings is 1. The number of anilines is 1. The quantitative estimate of drug-likeness (QED) is 0.348. The third-order valence-corrected chi connectivity index (χ3v) is 7.46.